The van der Waals surface area contributed by atoms with E-state index in [0.717, 1.165) is 6.42 Å². The molecule has 1 fully saturated rings. The van der Waals surface area contributed by atoms with Crippen LogP contribution in [0.25, 0.3) is 0 Å². The molecule has 1 aromatic carbocycles. The molecule has 3 heterocycles. The molecule has 1 unspecified atom stereocenters. The third kappa shape index (κ3) is 5.33. The van der Waals surface area contributed by atoms with Crippen LogP contribution in [-0.4, -0.2) is 43.0 Å². The van der Waals surface area contributed by atoms with Crippen LogP contribution < -0.4 is 14.4 Å². The highest BCUT2D eigenvalue weighted by Crippen LogP contribution is 2.38. The molecule has 1 saturated heterocycles. The number of benzene rings is 1. The Bertz CT molecular complexity index is 1360. The predicted octanol–water partition coefficient (Wildman–Crippen LogP) is 3.98. The molecule has 0 bridgehead atoms. The molecular weight excluding hydrogens is 483 g/mol. The largest absolute Gasteiger partial charge is 0.477 e. The number of ether oxygens (including phenoxy) is 1. The summed E-state index contributed by atoms with van der Waals surface area (Å²) in [4.78, 5) is 23.6. The zero-order valence-electron chi connectivity index (χ0n) is 20.4. The van der Waals surface area contributed by atoms with Gasteiger partial charge in [-0.3, -0.25) is 4.79 Å². The number of carbonyl (C=O) groups excluding carboxylic acids is 1. The smallest absolute Gasteiger partial charge is 0.281 e. The van der Waals surface area contributed by atoms with Gasteiger partial charge in [0.1, 0.15) is 11.6 Å². The van der Waals surface area contributed by atoms with Crippen molar-refractivity contribution in [2.24, 2.45) is 5.92 Å². The molecule has 0 saturated carbocycles. The quantitative estimate of drug-likeness (QED) is 0.487. The van der Waals surface area contributed by atoms with Gasteiger partial charge in [-0.15, -0.1) is 0 Å². The van der Waals surface area contributed by atoms with Crippen LogP contribution in [0.15, 0.2) is 65.8 Å². The fourth-order valence-electron chi connectivity index (χ4n) is 4.22. The monoisotopic (exact) mass is 512 g/mol. The zero-order chi connectivity index (χ0) is 25.9. The number of amides is 1. The molecule has 36 heavy (non-hydrogen) atoms. The third-order valence-electron chi connectivity index (χ3n) is 6.75. The number of hydrogen-bond acceptors (Lipinski definition) is 7. The first kappa shape index (κ1) is 25.6. The number of anilines is 1. The number of nitrogens with one attached hydrogen (secondary N) is 1. The summed E-state index contributed by atoms with van der Waals surface area (Å²) in [5.74, 6) is -0.255. The van der Waals surface area contributed by atoms with Gasteiger partial charge >= 0.3 is 0 Å². The van der Waals surface area contributed by atoms with Crippen molar-refractivity contribution in [3.05, 3.63) is 77.7 Å². The fraction of sp³-hybridized carbons (Fsp3) is 0.346. The van der Waals surface area contributed by atoms with Crippen molar-refractivity contribution in [1.29, 1.82) is 0 Å². The van der Waals surface area contributed by atoms with Crippen molar-refractivity contribution < 1.29 is 22.3 Å². The number of rotatable bonds is 8. The van der Waals surface area contributed by atoms with E-state index >= 15 is 0 Å². The van der Waals surface area contributed by atoms with Crippen molar-refractivity contribution >= 4 is 21.7 Å². The highest BCUT2D eigenvalue weighted by atomic mass is 32.2. The van der Waals surface area contributed by atoms with Crippen LogP contribution in [-0.2, 0) is 16.4 Å². The maximum atomic E-state index is 13.8. The average Bonchev–Trinajstić information content (AvgIpc) is 3.12. The Labute approximate surface area is 210 Å². The Kier molecular flexibility index (Phi) is 7.26. The SMILES string of the molecule is CC1CCN(c2ncccc2C(=O)NS(=O)(=O)c2cccc(OCCc3ccccc3F)n2)C1(C)C. The number of carbonyl (C=O) groups is 1. The molecule has 190 valence electrons. The zero-order valence-corrected chi connectivity index (χ0v) is 21.3. The summed E-state index contributed by atoms with van der Waals surface area (Å²) < 4.78 is 47.4. The van der Waals surface area contributed by atoms with Crippen molar-refractivity contribution in [3.63, 3.8) is 0 Å². The van der Waals surface area contributed by atoms with E-state index in [9.17, 15) is 17.6 Å². The lowest BCUT2D eigenvalue weighted by Crippen LogP contribution is -2.43. The molecule has 1 atom stereocenters. The first-order valence-corrected chi connectivity index (χ1v) is 13.2. The lowest BCUT2D eigenvalue weighted by Gasteiger charge is -2.36. The first-order valence-electron chi connectivity index (χ1n) is 11.7. The summed E-state index contributed by atoms with van der Waals surface area (Å²) in [6.07, 6.45) is 2.82. The van der Waals surface area contributed by atoms with Crippen molar-refractivity contribution in [2.45, 2.75) is 44.2 Å². The Balaban J connectivity index is 1.48. The molecule has 8 nitrogen and oxygen atoms in total. The Morgan fingerprint density at radius 3 is 2.67 bits per heavy atom. The molecular formula is C26H29FN4O4S. The number of halogens is 1. The Morgan fingerprint density at radius 1 is 1.17 bits per heavy atom. The first-order chi connectivity index (χ1) is 17.1. The molecule has 0 aliphatic carbocycles. The normalized spacial score (nSPS) is 17.1. The molecule has 1 N–H and O–H groups in total. The molecule has 4 rings (SSSR count). The van der Waals surface area contributed by atoms with Crippen molar-refractivity contribution in [1.82, 2.24) is 14.7 Å². The van der Waals surface area contributed by atoms with E-state index in [-0.39, 0.29) is 40.9 Å². The van der Waals surface area contributed by atoms with Crippen molar-refractivity contribution in [3.8, 4) is 5.88 Å². The Morgan fingerprint density at radius 2 is 1.94 bits per heavy atom. The summed E-state index contributed by atoms with van der Waals surface area (Å²) in [5, 5.41) is -0.361. The van der Waals surface area contributed by atoms with E-state index in [1.54, 1.807) is 36.5 Å². The highest BCUT2D eigenvalue weighted by molar-refractivity contribution is 7.90. The number of sulfonamides is 1. The number of hydrogen-bond donors (Lipinski definition) is 1. The van der Waals surface area contributed by atoms with E-state index in [1.165, 1.54) is 24.3 Å². The van der Waals surface area contributed by atoms with Crippen molar-refractivity contribution in [2.75, 3.05) is 18.1 Å². The van der Waals surface area contributed by atoms with Gasteiger partial charge in [0.25, 0.3) is 15.9 Å². The minimum Gasteiger partial charge on any atom is -0.477 e. The van der Waals surface area contributed by atoms with Gasteiger partial charge in [0.2, 0.25) is 5.88 Å². The molecule has 0 radical (unpaired) electrons. The van der Waals surface area contributed by atoms with Gasteiger partial charge in [0.15, 0.2) is 5.03 Å². The van der Waals surface area contributed by atoms with E-state index < -0.39 is 15.9 Å². The lowest BCUT2D eigenvalue weighted by molar-refractivity contribution is 0.0981. The van der Waals surface area contributed by atoms with Crippen LogP contribution in [0.1, 0.15) is 43.1 Å². The van der Waals surface area contributed by atoms with E-state index in [2.05, 4.69) is 35.5 Å². The summed E-state index contributed by atoms with van der Waals surface area (Å²) >= 11 is 0. The average molecular weight is 513 g/mol. The summed E-state index contributed by atoms with van der Waals surface area (Å²) in [7, 11) is -4.29. The molecule has 1 aliphatic rings. The molecule has 3 aromatic rings. The summed E-state index contributed by atoms with van der Waals surface area (Å²) in [5.41, 5.74) is 0.412. The second-order valence-corrected chi connectivity index (χ2v) is 10.9. The van der Waals surface area contributed by atoms with Crippen LogP contribution in [0.3, 0.4) is 0 Å². The van der Waals surface area contributed by atoms with Crippen LogP contribution >= 0.6 is 0 Å². The number of aromatic nitrogens is 2. The maximum Gasteiger partial charge on any atom is 0.281 e. The van der Waals surface area contributed by atoms with E-state index in [1.807, 2.05) is 4.90 Å². The van der Waals surface area contributed by atoms with Gasteiger partial charge < -0.3 is 9.64 Å². The van der Waals surface area contributed by atoms with E-state index in [4.69, 9.17) is 4.74 Å². The Hall–Kier alpha value is -3.53. The van der Waals surface area contributed by atoms with Crippen LogP contribution in [0.4, 0.5) is 10.2 Å². The van der Waals surface area contributed by atoms with Gasteiger partial charge in [-0.1, -0.05) is 31.2 Å². The molecule has 2 aromatic heterocycles. The second-order valence-electron chi connectivity index (χ2n) is 9.31. The predicted molar refractivity (Wildman–Crippen MR) is 134 cm³/mol. The fourth-order valence-corrected chi connectivity index (χ4v) is 5.15. The molecule has 1 amide bonds. The van der Waals surface area contributed by atoms with Gasteiger partial charge in [-0.25, -0.2) is 14.1 Å². The minimum absolute atomic E-state index is 0.0523. The summed E-state index contributed by atoms with van der Waals surface area (Å²) in [6, 6.07) is 13.7. The standard InChI is InChI=1S/C26H29FN4O4S/c1-18-13-16-31(26(18,2)3)24-20(9-7-15-28-24)25(32)30-36(33,34)23-12-6-11-22(29-23)35-17-14-19-8-4-5-10-21(19)27/h4-12,15,18H,13-14,16-17H2,1-3H3,(H,30,32). The maximum absolute atomic E-state index is 13.8. The van der Waals surface area contributed by atoms with Gasteiger partial charge in [-0.05, 0) is 56.0 Å². The van der Waals surface area contributed by atoms with Crippen LogP contribution in [0.2, 0.25) is 0 Å². The molecule has 0 spiro atoms. The molecule has 1 aliphatic heterocycles. The topological polar surface area (TPSA) is 101 Å². The van der Waals surface area contributed by atoms with Gasteiger partial charge in [0.05, 0.1) is 12.2 Å². The van der Waals surface area contributed by atoms with Gasteiger partial charge in [0, 0.05) is 30.8 Å². The summed E-state index contributed by atoms with van der Waals surface area (Å²) in [6.45, 7) is 7.13. The highest BCUT2D eigenvalue weighted by Gasteiger charge is 2.40. The van der Waals surface area contributed by atoms with Crippen LogP contribution in [0, 0.1) is 11.7 Å². The minimum atomic E-state index is -4.29. The number of nitrogens with zero attached hydrogens (tertiary/aromatic N) is 3. The second kappa shape index (κ2) is 10.2. The number of pyridine rings is 2. The van der Waals surface area contributed by atoms with E-state index in [0.29, 0.717) is 23.8 Å². The lowest BCUT2D eigenvalue weighted by atomic mass is 9.90. The van der Waals surface area contributed by atoms with Crippen LogP contribution in [0.5, 0.6) is 5.88 Å². The van der Waals surface area contributed by atoms with Gasteiger partial charge in [-0.2, -0.15) is 13.4 Å². The third-order valence-corrected chi connectivity index (χ3v) is 7.99. The molecule has 10 heteroatoms.